The first-order valence-electron chi connectivity index (χ1n) is 7.40. The van der Waals surface area contributed by atoms with E-state index in [0.29, 0.717) is 16.0 Å². The molecule has 0 radical (unpaired) electrons. The molecule has 3 rings (SSSR count). The minimum atomic E-state index is -2.81. The van der Waals surface area contributed by atoms with Gasteiger partial charge < -0.3 is 4.42 Å². The summed E-state index contributed by atoms with van der Waals surface area (Å²) in [5.74, 6) is -0.963. The number of benzene rings is 1. The zero-order valence-corrected chi connectivity index (χ0v) is 14.6. The topological polar surface area (TPSA) is 84.5 Å². The molecule has 0 N–H and O–H groups in total. The van der Waals surface area contributed by atoms with Gasteiger partial charge in [0.15, 0.2) is 0 Å². The Hall–Kier alpha value is -3.01. The molecule has 0 aliphatic rings. The fraction of sp³-hybridized carbons (Fsp3) is 0.188. The van der Waals surface area contributed by atoms with E-state index in [0.717, 1.165) is 5.01 Å². The van der Waals surface area contributed by atoms with Gasteiger partial charge >= 0.3 is 6.43 Å². The Kier molecular flexibility index (Phi) is 5.12. The molecule has 3 aromatic rings. The van der Waals surface area contributed by atoms with Gasteiger partial charge in [-0.25, -0.2) is 9.99 Å². The second-order valence-corrected chi connectivity index (χ2v) is 6.42. The Bertz CT molecular complexity index is 936. The van der Waals surface area contributed by atoms with Crippen LogP contribution in [0.1, 0.15) is 32.6 Å². The number of hydrazone groups is 1. The molecule has 0 bridgehead atoms. The molecule has 26 heavy (non-hydrogen) atoms. The van der Waals surface area contributed by atoms with Crippen molar-refractivity contribution in [1.82, 2.24) is 20.2 Å². The second kappa shape index (κ2) is 7.48. The van der Waals surface area contributed by atoms with Crippen molar-refractivity contribution in [3.05, 3.63) is 51.8 Å². The first-order valence-corrected chi connectivity index (χ1v) is 8.22. The number of amides is 1. The average molecular weight is 377 g/mol. The number of carbonyl (C=O) groups excluding carboxylic acids is 1. The molecule has 134 valence electrons. The first-order chi connectivity index (χ1) is 12.4. The smallest absolute Gasteiger partial charge is 0.314 e. The van der Waals surface area contributed by atoms with Gasteiger partial charge in [-0.1, -0.05) is 12.1 Å². The number of halogens is 2. The maximum Gasteiger partial charge on any atom is 0.314 e. The number of alkyl halides is 2. The van der Waals surface area contributed by atoms with E-state index in [1.54, 1.807) is 31.3 Å². The Morgan fingerprint density at radius 2 is 2.04 bits per heavy atom. The third kappa shape index (κ3) is 3.97. The molecule has 0 atom stereocenters. The zero-order chi connectivity index (χ0) is 18.7. The van der Waals surface area contributed by atoms with E-state index >= 15 is 0 Å². The average Bonchev–Trinajstić information content (AvgIpc) is 3.29. The lowest BCUT2D eigenvalue weighted by atomic mass is 10.1. The second-order valence-electron chi connectivity index (χ2n) is 5.19. The third-order valence-corrected chi connectivity index (χ3v) is 4.19. The quantitative estimate of drug-likeness (QED) is 0.501. The fourth-order valence-corrected chi connectivity index (χ4v) is 2.73. The van der Waals surface area contributed by atoms with Gasteiger partial charge in [-0.3, -0.25) is 4.79 Å². The largest absolute Gasteiger partial charge is 0.415 e. The molecule has 2 aromatic heterocycles. The molecule has 0 fully saturated rings. The van der Waals surface area contributed by atoms with Crippen molar-refractivity contribution in [2.24, 2.45) is 5.10 Å². The van der Waals surface area contributed by atoms with Gasteiger partial charge in [0.1, 0.15) is 4.88 Å². The molecule has 1 aromatic carbocycles. The van der Waals surface area contributed by atoms with Gasteiger partial charge in [-0.05, 0) is 24.6 Å². The summed E-state index contributed by atoms with van der Waals surface area (Å²) in [6.45, 7) is 1.82. The number of aromatic nitrogens is 3. The van der Waals surface area contributed by atoms with Crippen molar-refractivity contribution in [3.8, 4) is 11.5 Å². The lowest BCUT2D eigenvalue weighted by Gasteiger charge is -2.08. The van der Waals surface area contributed by atoms with Crippen molar-refractivity contribution in [3.63, 3.8) is 0 Å². The van der Waals surface area contributed by atoms with Crippen LogP contribution in [0, 0.1) is 6.92 Å². The van der Waals surface area contributed by atoms with Crippen LogP contribution >= 0.6 is 11.3 Å². The van der Waals surface area contributed by atoms with Gasteiger partial charge in [0.25, 0.3) is 11.8 Å². The van der Waals surface area contributed by atoms with E-state index in [9.17, 15) is 13.6 Å². The Morgan fingerprint density at radius 3 is 2.62 bits per heavy atom. The summed E-state index contributed by atoms with van der Waals surface area (Å²) in [6.07, 6.45) is 0.216. The van der Waals surface area contributed by atoms with Crippen molar-refractivity contribution in [1.29, 1.82) is 0 Å². The fourth-order valence-electron chi connectivity index (χ4n) is 1.98. The molecule has 10 heteroatoms. The number of aryl methyl sites for hydroxylation is 1. The van der Waals surface area contributed by atoms with Gasteiger partial charge in [-0.2, -0.15) is 13.9 Å². The van der Waals surface area contributed by atoms with Crippen LogP contribution in [0.15, 0.2) is 40.0 Å². The van der Waals surface area contributed by atoms with E-state index in [4.69, 9.17) is 4.42 Å². The number of hydrogen-bond donors (Lipinski definition) is 0. The van der Waals surface area contributed by atoms with Crippen LogP contribution in [0.25, 0.3) is 11.5 Å². The maximum atomic E-state index is 12.5. The molecule has 1 amide bonds. The molecule has 0 unspecified atom stereocenters. The monoisotopic (exact) mass is 377 g/mol. The van der Waals surface area contributed by atoms with Crippen LogP contribution in [0.3, 0.4) is 0 Å². The molecule has 0 spiro atoms. The predicted octanol–water partition coefficient (Wildman–Crippen LogP) is 3.55. The molecule has 0 aliphatic carbocycles. The van der Waals surface area contributed by atoms with Crippen LogP contribution in [-0.2, 0) is 0 Å². The third-order valence-electron chi connectivity index (χ3n) is 3.29. The van der Waals surface area contributed by atoms with Crippen molar-refractivity contribution < 1.29 is 18.0 Å². The van der Waals surface area contributed by atoms with Gasteiger partial charge in [0.2, 0.25) is 5.89 Å². The highest BCUT2D eigenvalue weighted by Crippen LogP contribution is 2.23. The number of nitrogens with zero attached hydrogens (tertiary/aromatic N) is 5. The normalized spacial score (nSPS) is 11.4. The van der Waals surface area contributed by atoms with Crippen LogP contribution in [-0.4, -0.2) is 39.4 Å². The van der Waals surface area contributed by atoms with Crippen molar-refractivity contribution in [2.75, 3.05) is 7.05 Å². The molecule has 2 heterocycles. The first kappa shape index (κ1) is 17.8. The Labute approximate surface area is 151 Å². The summed E-state index contributed by atoms with van der Waals surface area (Å²) < 4.78 is 29.8. The van der Waals surface area contributed by atoms with E-state index < -0.39 is 12.3 Å². The summed E-state index contributed by atoms with van der Waals surface area (Å²) >= 11 is 1.30. The number of thiazole rings is 1. The summed E-state index contributed by atoms with van der Waals surface area (Å²) in [7, 11) is 1.55. The molecule has 0 saturated carbocycles. The zero-order valence-electron chi connectivity index (χ0n) is 13.8. The van der Waals surface area contributed by atoms with Gasteiger partial charge in [-0.15, -0.1) is 21.5 Å². The van der Waals surface area contributed by atoms with Crippen LogP contribution in [0.4, 0.5) is 8.78 Å². The van der Waals surface area contributed by atoms with Gasteiger partial charge in [0.05, 0.1) is 17.4 Å². The number of rotatable bonds is 5. The minimum Gasteiger partial charge on any atom is -0.415 e. The van der Waals surface area contributed by atoms with Gasteiger partial charge in [0, 0.05) is 12.6 Å². The predicted molar refractivity (Wildman–Crippen MR) is 91.2 cm³/mol. The van der Waals surface area contributed by atoms with E-state index in [2.05, 4.69) is 20.3 Å². The molecule has 0 aliphatic heterocycles. The maximum absolute atomic E-state index is 12.5. The van der Waals surface area contributed by atoms with E-state index in [-0.39, 0.29) is 11.8 Å². The Morgan fingerprint density at radius 1 is 1.31 bits per heavy atom. The highest BCUT2D eigenvalue weighted by molar-refractivity contribution is 7.13. The van der Waals surface area contributed by atoms with Crippen LogP contribution in [0.5, 0.6) is 0 Å². The van der Waals surface area contributed by atoms with Crippen LogP contribution in [0.2, 0.25) is 0 Å². The summed E-state index contributed by atoms with van der Waals surface area (Å²) in [4.78, 5) is 16.7. The SMILES string of the molecule is Cc1ncc(C(=O)N(C)/N=C/c2ccc(-c3nnc(C(F)F)o3)cc2)s1. The minimum absolute atomic E-state index is 0.0108. The van der Waals surface area contributed by atoms with E-state index in [1.807, 2.05) is 6.92 Å². The van der Waals surface area contributed by atoms with E-state index in [1.165, 1.54) is 28.8 Å². The van der Waals surface area contributed by atoms with Crippen molar-refractivity contribution >= 4 is 23.5 Å². The summed E-state index contributed by atoms with van der Waals surface area (Å²) in [6, 6.07) is 6.66. The highest BCUT2D eigenvalue weighted by Gasteiger charge is 2.17. The van der Waals surface area contributed by atoms with Crippen molar-refractivity contribution in [2.45, 2.75) is 13.3 Å². The number of hydrogen-bond acceptors (Lipinski definition) is 7. The molecule has 0 saturated heterocycles. The highest BCUT2D eigenvalue weighted by atomic mass is 32.1. The molecule has 7 nitrogen and oxygen atoms in total. The lowest BCUT2D eigenvalue weighted by molar-refractivity contribution is 0.0804. The lowest BCUT2D eigenvalue weighted by Crippen LogP contribution is -2.20. The molecular formula is C16H13F2N5O2S. The Balaban J connectivity index is 1.68. The summed E-state index contributed by atoms with van der Waals surface area (Å²) in [5, 5.41) is 13.0. The standard InChI is InChI=1S/C16H13F2N5O2S/c1-9-19-8-12(26-9)16(24)23(2)20-7-10-3-5-11(6-4-10)14-21-22-15(25-14)13(17)18/h3-8,13H,1-2H3/b20-7+. The molecular weight excluding hydrogens is 364 g/mol. The number of carbonyl (C=O) groups is 1. The van der Waals surface area contributed by atoms with Crippen LogP contribution < -0.4 is 0 Å². The summed E-state index contributed by atoms with van der Waals surface area (Å²) in [5.41, 5.74) is 1.22.